The Bertz CT molecular complexity index is 746. The number of nitrogens with one attached hydrogen (secondary N) is 3. The van der Waals surface area contributed by atoms with Crippen molar-refractivity contribution in [3.63, 3.8) is 0 Å². The number of hydrogen-bond acceptors (Lipinski definition) is 5. The van der Waals surface area contributed by atoms with Gasteiger partial charge in [-0.2, -0.15) is 15.1 Å². The molecule has 0 amide bonds. The fourth-order valence-corrected chi connectivity index (χ4v) is 2.20. The van der Waals surface area contributed by atoms with Crippen LogP contribution in [0.4, 0.5) is 11.8 Å². The molecule has 3 N–H and O–H groups in total. The zero-order chi connectivity index (χ0) is 14.8. The fraction of sp³-hybridized carbons (Fsp3) is 0.267. The highest BCUT2D eigenvalue weighted by Crippen LogP contribution is 2.24. The molecule has 3 aromatic rings. The van der Waals surface area contributed by atoms with Crippen LogP contribution in [0.1, 0.15) is 24.1 Å². The summed E-state index contributed by atoms with van der Waals surface area (Å²) in [6.07, 6.45) is 1.74. The molecule has 0 radical (unpaired) electrons. The minimum atomic E-state index is 0.142. The van der Waals surface area contributed by atoms with Crippen LogP contribution in [-0.2, 0) is 0 Å². The quantitative estimate of drug-likeness (QED) is 0.685. The third-order valence-electron chi connectivity index (χ3n) is 3.46. The monoisotopic (exact) mass is 282 g/mol. The van der Waals surface area contributed by atoms with Gasteiger partial charge in [0.25, 0.3) is 0 Å². The maximum Gasteiger partial charge on any atom is 0.226 e. The fourth-order valence-electron chi connectivity index (χ4n) is 2.20. The largest absolute Gasteiger partial charge is 0.363 e. The van der Waals surface area contributed by atoms with Gasteiger partial charge in [-0.3, -0.25) is 5.10 Å². The smallest absolute Gasteiger partial charge is 0.226 e. The van der Waals surface area contributed by atoms with Crippen LogP contribution >= 0.6 is 0 Å². The van der Waals surface area contributed by atoms with Crippen LogP contribution in [0.25, 0.3) is 11.0 Å². The second-order valence-electron chi connectivity index (χ2n) is 5.05. The summed E-state index contributed by atoms with van der Waals surface area (Å²) in [5.41, 5.74) is 3.18. The van der Waals surface area contributed by atoms with Gasteiger partial charge in [0, 0.05) is 13.1 Å². The lowest BCUT2D eigenvalue weighted by molar-refractivity contribution is 0.875. The molecule has 2 heterocycles. The molecule has 0 bridgehead atoms. The van der Waals surface area contributed by atoms with Crippen molar-refractivity contribution in [3.05, 3.63) is 41.6 Å². The topological polar surface area (TPSA) is 78.5 Å². The van der Waals surface area contributed by atoms with Crippen molar-refractivity contribution >= 4 is 22.8 Å². The highest BCUT2D eigenvalue weighted by Gasteiger charge is 2.12. The normalized spacial score (nSPS) is 12.3. The number of H-pyrrole nitrogens is 1. The molecule has 0 aliphatic rings. The molecular weight excluding hydrogens is 264 g/mol. The number of hydrogen-bond donors (Lipinski definition) is 3. The van der Waals surface area contributed by atoms with Crippen molar-refractivity contribution < 1.29 is 0 Å². The Hall–Kier alpha value is -2.63. The van der Waals surface area contributed by atoms with E-state index in [0.717, 1.165) is 11.2 Å². The summed E-state index contributed by atoms with van der Waals surface area (Å²) in [5, 5.41) is 14.2. The van der Waals surface area contributed by atoms with Crippen molar-refractivity contribution in [1.82, 2.24) is 20.2 Å². The standard InChI is InChI=1S/C15H18N6/c1-9-4-6-11(7-5-9)10(2)18-13-12-8-17-21-14(12)20-15(16-3)19-13/h4-8,10H,1-3H3,(H3,16,17,18,19,20,21). The number of anilines is 2. The summed E-state index contributed by atoms with van der Waals surface area (Å²) in [6, 6.07) is 8.61. The SMILES string of the molecule is CNc1nc(NC(C)c2ccc(C)cc2)c2cn[nH]c2n1. The van der Waals surface area contributed by atoms with E-state index < -0.39 is 0 Å². The van der Waals surface area contributed by atoms with E-state index in [9.17, 15) is 0 Å². The molecule has 0 aliphatic carbocycles. The van der Waals surface area contributed by atoms with Gasteiger partial charge in [-0.05, 0) is 19.4 Å². The number of aromatic amines is 1. The molecule has 6 nitrogen and oxygen atoms in total. The van der Waals surface area contributed by atoms with E-state index >= 15 is 0 Å². The zero-order valence-corrected chi connectivity index (χ0v) is 12.3. The molecule has 0 spiro atoms. The number of aryl methyl sites for hydroxylation is 1. The van der Waals surface area contributed by atoms with Gasteiger partial charge in [-0.1, -0.05) is 29.8 Å². The van der Waals surface area contributed by atoms with Crippen LogP contribution in [0.3, 0.4) is 0 Å². The summed E-state index contributed by atoms with van der Waals surface area (Å²) in [4.78, 5) is 8.81. The first kappa shape index (κ1) is 13.4. The molecule has 21 heavy (non-hydrogen) atoms. The van der Waals surface area contributed by atoms with E-state index in [2.05, 4.69) is 68.9 Å². The van der Waals surface area contributed by atoms with E-state index in [1.807, 2.05) is 0 Å². The molecule has 0 saturated carbocycles. The van der Waals surface area contributed by atoms with Gasteiger partial charge >= 0.3 is 0 Å². The number of fused-ring (bicyclic) bond motifs is 1. The number of nitrogens with zero attached hydrogens (tertiary/aromatic N) is 3. The molecule has 0 saturated heterocycles. The van der Waals surface area contributed by atoms with Gasteiger partial charge in [0.15, 0.2) is 5.65 Å². The first-order valence-electron chi connectivity index (χ1n) is 6.89. The van der Waals surface area contributed by atoms with Crippen LogP contribution in [0, 0.1) is 6.92 Å². The van der Waals surface area contributed by atoms with Crippen molar-refractivity contribution in [2.45, 2.75) is 19.9 Å². The predicted molar refractivity (Wildman–Crippen MR) is 84.4 cm³/mol. The molecule has 3 rings (SSSR count). The van der Waals surface area contributed by atoms with Gasteiger partial charge in [0.1, 0.15) is 5.82 Å². The van der Waals surface area contributed by atoms with E-state index in [0.29, 0.717) is 11.6 Å². The molecular formula is C15H18N6. The third-order valence-corrected chi connectivity index (χ3v) is 3.46. The Morgan fingerprint density at radius 2 is 1.90 bits per heavy atom. The van der Waals surface area contributed by atoms with E-state index in [1.165, 1.54) is 11.1 Å². The molecule has 1 atom stereocenters. The Labute approximate surface area is 123 Å². The lowest BCUT2D eigenvalue weighted by atomic mass is 10.1. The first-order valence-corrected chi connectivity index (χ1v) is 6.89. The van der Waals surface area contributed by atoms with Gasteiger partial charge in [-0.25, -0.2) is 0 Å². The second kappa shape index (κ2) is 5.40. The summed E-state index contributed by atoms with van der Waals surface area (Å²) in [6.45, 7) is 4.19. The molecule has 1 aromatic carbocycles. The van der Waals surface area contributed by atoms with Crippen LogP contribution < -0.4 is 10.6 Å². The Morgan fingerprint density at radius 1 is 1.14 bits per heavy atom. The van der Waals surface area contributed by atoms with Crippen LogP contribution in [0.5, 0.6) is 0 Å². The molecule has 6 heteroatoms. The van der Waals surface area contributed by atoms with E-state index in [-0.39, 0.29) is 6.04 Å². The molecule has 2 aromatic heterocycles. The van der Waals surface area contributed by atoms with Gasteiger partial charge in [0.2, 0.25) is 5.95 Å². The Morgan fingerprint density at radius 3 is 2.62 bits per heavy atom. The molecule has 0 aliphatic heterocycles. The summed E-state index contributed by atoms with van der Waals surface area (Å²) >= 11 is 0. The molecule has 0 fully saturated rings. The zero-order valence-electron chi connectivity index (χ0n) is 12.3. The van der Waals surface area contributed by atoms with Crippen LogP contribution in [-0.4, -0.2) is 27.2 Å². The maximum absolute atomic E-state index is 4.48. The van der Waals surface area contributed by atoms with Gasteiger partial charge in [0.05, 0.1) is 11.6 Å². The average molecular weight is 282 g/mol. The first-order chi connectivity index (χ1) is 10.2. The van der Waals surface area contributed by atoms with E-state index in [4.69, 9.17) is 0 Å². The number of benzene rings is 1. The minimum Gasteiger partial charge on any atom is -0.363 e. The highest BCUT2D eigenvalue weighted by molar-refractivity contribution is 5.87. The summed E-state index contributed by atoms with van der Waals surface area (Å²) in [7, 11) is 1.80. The lowest BCUT2D eigenvalue weighted by Crippen LogP contribution is -2.09. The van der Waals surface area contributed by atoms with Gasteiger partial charge in [-0.15, -0.1) is 0 Å². The van der Waals surface area contributed by atoms with Crippen molar-refractivity contribution in [2.24, 2.45) is 0 Å². The highest BCUT2D eigenvalue weighted by atomic mass is 15.2. The Balaban J connectivity index is 1.93. The summed E-state index contributed by atoms with van der Waals surface area (Å²) in [5.74, 6) is 1.33. The van der Waals surface area contributed by atoms with E-state index in [1.54, 1.807) is 13.2 Å². The lowest BCUT2D eigenvalue weighted by Gasteiger charge is -2.16. The van der Waals surface area contributed by atoms with Gasteiger partial charge < -0.3 is 10.6 Å². The third kappa shape index (κ3) is 2.65. The summed E-state index contributed by atoms with van der Waals surface area (Å²) < 4.78 is 0. The number of aromatic nitrogens is 4. The maximum atomic E-state index is 4.48. The number of rotatable bonds is 4. The van der Waals surface area contributed by atoms with Crippen molar-refractivity contribution in [2.75, 3.05) is 17.7 Å². The van der Waals surface area contributed by atoms with Crippen LogP contribution in [0.15, 0.2) is 30.5 Å². The molecule has 108 valence electrons. The predicted octanol–water partition coefficient (Wildman–Crippen LogP) is 2.88. The van der Waals surface area contributed by atoms with Crippen molar-refractivity contribution in [3.8, 4) is 0 Å². The Kier molecular flexibility index (Phi) is 3.43. The molecule has 1 unspecified atom stereocenters. The average Bonchev–Trinajstić information content (AvgIpc) is 2.96. The van der Waals surface area contributed by atoms with Crippen LogP contribution in [0.2, 0.25) is 0 Å². The second-order valence-corrected chi connectivity index (χ2v) is 5.05. The van der Waals surface area contributed by atoms with Crippen molar-refractivity contribution in [1.29, 1.82) is 0 Å². The minimum absolute atomic E-state index is 0.142.